The number of nitrogens with one attached hydrogen (secondary N) is 2. The summed E-state index contributed by atoms with van der Waals surface area (Å²) in [6.07, 6.45) is 1.08. The second-order valence-corrected chi connectivity index (χ2v) is 14.4. The van der Waals surface area contributed by atoms with Crippen LogP contribution >= 0.6 is 0 Å². The summed E-state index contributed by atoms with van der Waals surface area (Å²) >= 11 is 0.793. The molecule has 4 nitrogen and oxygen atoms in total. The quantitative estimate of drug-likeness (QED) is 0.532. The van der Waals surface area contributed by atoms with Crippen LogP contribution in [0.3, 0.4) is 0 Å². The Kier molecular flexibility index (Phi) is 8.93. The zero-order valence-corrected chi connectivity index (χ0v) is 18.4. The monoisotopic (exact) mass is 484 g/mol. The molecule has 0 heterocycles. The molecule has 2 aromatic rings. The van der Waals surface area contributed by atoms with Crippen LogP contribution in [0.1, 0.15) is 26.7 Å². The van der Waals surface area contributed by atoms with E-state index >= 15 is 0 Å². The summed E-state index contributed by atoms with van der Waals surface area (Å²) in [5.74, 6) is 0.131. The van der Waals surface area contributed by atoms with Crippen LogP contribution in [-0.4, -0.2) is 38.1 Å². The number of benzene rings is 2. The van der Waals surface area contributed by atoms with Crippen LogP contribution < -0.4 is 10.6 Å². The van der Waals surface area contributed by atoms with Gasteiger partial charge in [0.15, 0.2) is 0 Å². The molecule has 0 aliphatic rings. The molecule has 0 aromatic heterocycles. The minimum atomic E-state index is 0.0656. The summed E-state index contributed by atoms with van der Waals surface area (Å²) in [5.41, 5.74) is 1.68. The molecule has 0 aliphatic carbocycles. The summed E-state index contributed by atoms with van der Waals surface area (Å²) in [5, 5.41) is 5.87. The average molecular weight is 482 g/mol. The van der Waals surface area contributed by atoms with Crippen molar-refractivity contribution < 1.29 is 9.59 Å². The number of amides is 2. The first-order chi connectivity index (χ1) is 12.5. The standard InChI is InChI=1S/C20H24N2O2Se2/c1-15(13-19(23)21-17-9-5-3-6-10-17)25-26-16(2)14-20(24)22-18-11-7-4-8-12-18/h3-12,15-16H,13-14H2,1-2H3,(H,21,23)(H,22,24). The molecule has 2 unspecified atom stereocenters. The van der Waals surface area contributed by atoms with E-state index in [0.717, 1.165) is 11.4 Å². The number of carbonyl (C=O) groups excluding carboxylic acids is 2. The first-order valence-electron chi connectivity index (χ1n) is 8.55. The summed E-state index contributed by atoms with van der Waals surface area (Å²) < 4.78 is 0. The first kappa shape index (κ1) is 20.7. The van der Waals surface area contributed by atoms with Gasteiger partial charge < -0.3 is 0 Å². The van der Waals surface area contributed by atoms with Gasteiger partial charge in [-0.15, -0.1) is 0 Å². The van der Waals surface area contributed by atoms with E-state index in [9.17, 15) is 9.59 Å². The van der Waals surface area contributed by atoms with Crippen molar-refractivity contribution in [2.75, 3.05) is 10.6 Å². The van der Waals surface area contributed by atoms with Crippen molar-refractivity contribution in [3.8, 4) is 0 Å². The molecule has 2 rings (SSSR count). The van der Waals surface area contributed by atoms with Gasteiger partial charge in [-0.2, -0.15) is 0 Å². The number of para-hydroxylation sites is 2. The topological polar surface area (TPSA) is 58.2 Å². The van der Waals surface area contributed by atoms with Gasteiger partial charge >= 0.3 is 167 Å². The maximum absolute atomic E-state index is 12.1. The van der Waals surface area contributed by atoms with Gasteiger partial charge in [0.05, 0.1) is 0 Å². The molecule has 0 fully saturated rings. The molecule has 0 saturated heterocycles. The van der Waals surface area contributed by atoms with Gasteiger partial charge in [-0.3, -0.25) is 0 Å². The predicted molar refractivity (Wildman–Crippen MR) is 110 cm³/mol. The summed E-state index contributed by atoms with van der Waals surface area (Å²) in [6, 6.07) is 19.1. The molecule has 0 aliphatic heterocycles. The first-order valence-corrected chi connectivity index (χ1v) is 14.9. The summed E-state index contributed by atoms with van der Waals surface area (Å²) in [7, 11) is 0. The van der Waals surface area contributed by atoms with Crippen molar-refractivity contribution in [2.24, 2.45) is 0 Å². The average Bonchev–Trinajstić information content (AvgIpc) is 2.61. The zero-order valence-electron chi connectivity index (χ0n) is 15.0. The van der Waals surface area contributed by atoms with Crippen molar-refractivity contribution in [1.82, 2.24) is 0 Å². The van der Waals surface area contributed by atoms with Gasteiger partial charge in [0, 0.05) is 0 Å². The van der Waals surface area contributed by atoms with Crippen LogP contribution in [0.5, 0.6) is 0 Å². The van der Waals surface area contributed by atoms with Gasteiger partial charge in [-0.1, -0.05) is 0 Å². The van der Waals surface area contributed by atoms with E-state index in [1.165, 1.54) is 0 Å². The van der Waals surface area contributed by atoms with E-state index in [4.69, 9.17) is 0 Å². The molecule has 0 bridgehead atoms. The second-order valence-electron chi connectivity index (χ2n) is 6.05. The fourth-order valence-electron chi connectivity index (χ4n) is 2.25. The van der Waals surface area contributed by atoms with Gasteiger partial charge in [0.2, 0.25) is 0 Å². The van der Waals surface area contributed by atoms with E-state index in [1.54, 1.807) is 0 Å². The normalized spacial score (nSPS) is 12.8. The maximum atomic E-state index is 12.1. The van der Waals surface area contributed by atoms with E-state index in [-0.39, 0.29) is 11.8 Å². The minimum absolute atomic E-state index is 0.0656. The molecule has 0 saturated carbocycles. The molecular formula is C20H24N2O2Se2. The second kappa shape index (κ2) is 11.2. The van der Waals surface area contributed by atoms with Gasteiger partial charge in [-0.05, 0) is 0 Å². The van der Waals surface area contributed by atoms with E-state index in [1.807, 2.05) is 60.7 Å². The Morgan fingerprint density at radius 3 is 1.42 bits per heavy atom. The molecule has 2 aromatic carbocycles. The summed E-state index contributed by atoms with van der Waals surface area (Å²) in [6.45, 7) is 4.26. The number of carbonyl (C=O) groups is 2. The Bertz CT molecular complexity index is 634. The van der Waals surface area contributed by atoms with Gasteiger partial charge in [0.25, 0.3) is 0 Å². The van der Waals surface area contributed by atoms with Gasteiger partial charge in [-0.25, -0.2) is 0 Å². The Morgan fingerprint density at radius 1 is 0.731 bits per heavy atom. The Morgan fingerprint density at radius 2 is 1.08 bits per heavy atom. The Hall–Kier alpha value is -1.58. The van der Waals surface area contributed by atoms with Crippen LogP contribution in [0.25, 0.3) is 0 Å². The third-order valence-corrected chi connectivity index (χ3v) is 14.1. The van der Waals surface area contributed by atoms with Crippen LogP contribution in [0, 0.1) is 0 Å². The molecule has 0 spiro atoms. The van der Waals surface area contributed by atoms with Crippen LogP contribution in [0.4, 0.5) is 11.4 Å². The number of rotatable bonds is 9. The van der Waals surface area contributed by atoms with Crippen molar-refractivity contribution in [3.63, 3.8) is 0 Å². The van der Waals surface area contributed by atoms with E-state index in [0.29, 0.717) is 48.7 Å². The molecule has 2 atom stereocenters. The van der Waals surface area contributed by atoms with Crippen molar-refractivity contribution >= 4 is 49.5 Å². The number of anilines is 2. The fourth-order valence-corrected chi connectivity index (χ4v) is 9.58. The van der Waals surface area contributed by atoms with Gasteiger partial charge in [0.1, 0.15) is 0 Å². The van der Waals surface area contributed by atoms with Crippen LogP contribution in [0.15, 0.2) is 60.7 Å². The van der Waals surface area contributed by atoms with E-state index < -0.39 is 0 Å². The SMILES string of the molecule is CC(CC(=O)Nc1ccccc1)[Se][Se]C(C)CC(=O)Nc1ccccc1. The fraction of sp³-hybridized carbons (Fsp3) is 0.300. The molecule has 26 heavy (non-hydrogen) atoms. The Balaban J connectivity index is 1.65. The summed E-state index contributed by atoms with van der Waals surface area (Å²) in [4.78, 5) is 24.9. The van der Waals surface area contributed by atoms with Crippen molar-refractivity contribution in [2.45, 2.75) is 36.3 Å². The number of hydrogen-bond donors (Lipinski definition) is 2. The molecule has 6 heteroatoms. The van der Waals surface area contributed by atoms with Crippen LogP contribution in [-0.2, 0) is 9.59 Å². The molecule has 2 N–H and O–H groups in total. The molecular weight excluding hydrogens is 458 g/mol. The predicted octanol–water partition coefficient (Wildman–Crippen LogP) is 3.98. The molecule has 0 radical (unpaired) electrons. The zero-order chi connectivity index (χ0) is 18.8. The van der Waals surface area contributed by atoms with Crippen LogP contribution in [0.2, 0.25) is 9.63 Å². The number of hydrogen-bond acceptors (Lipinski definition) is 2. The molecule has 138 valence electrons. The third kappa shape index (κ3) is 8.20. The Labute approximate surface area is 166 Å². The van der Waals surface area contributed by atoms with E-state index in [2.05, 4.69) is 24.5 Å². The van der Waals surface area contributed by atoms with Crippen molar-refractivity contribution in [3.05, 3.63) is 60.7 Å². The molecule has 2 amide bonds. The third-order valence-electron chi connectivity index (χ3n) is 3.44. The van der Waals surface area contributed by atoms with Crippen molar-refractivity contribution in [1.29, 1.82) is 0 Å².